The third-order valence-electron chi connectivity index (χ3n) is 2.10. The first kappa shape index (κ1) is 14.4. The molecule has 0 heterocycles. The topological polar surface area (TPSA) is 44.8 Å². The second kappa shape index (κ2) is 9.93. The smallest absolute Gasteiger partial charge is 0.305 e. The van der Waals surface area contributed by atoms with E-state index < -0.39 is 0 Å². The molecule has 0 aliphatic heterocycles. The first-order valence-corrected chi connectivity index (χ1v) is 5.46. The van der Waals surface area contributed by atoms with Gasteiger partial charge in [-0.1, -0.05) is 6.92 Å². The van der Waals surface area contributed by atoms with Gasteiger partial charge in [-0.2, -0.15) is 0 Å². The maximum absolute atomic E-state index is 10.7. The summed E-state index contributed by atoms with van der Waals surface area (Å²) in [5.74, 6) is -0.186. The monoisotopic (exact) mass is 218 g/mol. The van der Waals surface area contributed by atoms with E-state index in [0.717, 1.165) is 6.42 Å². The lowest BCUT2D eigenvalue weighted by atomic mass is 10.3. The van der Waals surface area contributed by atoms with Crippen LogP contribution in [0.15, 0.2) is 0 Å². The van der Waals surface area contributed by atoms with Crippen LogP contribution in [-0.4, -0.2) is 39.0 Å². The Balaban J connectivity index is 3.08. The molecule has 0 saturated heterocycles. The van der Waals surface area contributed by atoms with Crippen molar-refractivity contribution in [2.75, 3.05) is 26.9 Å². The fraction of sp³-hybridized carbons (Fsp3) is 0.909. The van der Waals surface area contributed by atoms with Gasteiger partial charge in [-0.25, -0.2) is 0 Å². The molecule has 0 radical (unpaired) electrons. The van der Waals surface area contributed by atoms with E-state index in [1.54, 1.807) is 0 Å². The van der Waals surface area contributed by atoms with Crippen LogP contribution in [0.25, 0.3) is 0 Å². The second-order valence-corrected chi connectivity index (χ2v) is 3.38. The molecule has 0 aliphatic carbocycles. The van der Waals surface area contributed by atoms with Gasteiger partial charge in [0.25, 0.3) is 0 Å². The molecule has 1 unspecified atom stereocenters. The van der Waals surface area contributed by atoms with E-state index in [2.05, 4.69) is 11.7 Å². The SMILES string of the molecule is CCC(C)OCCOCCCC(=O)OC. The van der Waals surface area contributed by atoms with Crippen molar-refractivity contribution in [2.45, 2.75) is 39.2 Å². The highest BCUT2D eigenvalue weighted by molar-refractivity contribution is 5.68. The Morgan fingerprint density at radius 3 is 2.60 bits per heavy atom. The minimum atomic E-state index is -0.186. The minimum Gasteiger partial charge on any atom is -0.469 e. The number of hydrogen-bond acceptors (Lipinski definition) is 4. The third kappa shape index (κ3) is 9.69. The second-order valence-electron chi connectivity index (χ2n) is 3.38. The van der Waals surface area contributed by atoms with Crippen molar-refractivity contribution in [3.05, 3.63) is 0 Å². The normalized spacial score (nSPS) is 12.5. The largest absolute Gasteiger partial charge is 0.469 e. The Labute approximate surface area is 91.9 Å². The van der Waals surface area contributed by atoms with Crippen LogP contribution in [-0.2, 0) is 19.0 Å². The summed E-state index contributed by atoms with van der Waals surface area (Å²) >= 11 is 0. The molecular formula is C11H22O4. The van der Waals surface area contributed by atoms with Crippen LogP contribution >= 0.6 is 0 Å². The molecular weight excluding hydrogens is 196 g/mol. The Kier molecular flexibility index (Phi) is 9.52. The van der Waals surface area contributed by atoms with Gasteiger partial charge in [0.15, 0.2) is 0 Å². The number of esters is 1. The van der Waals surface area contributed by atoms with E-state index in [1.165, 1.54) is 7.11 Å². The Morgan fingerprint density at radius 1 is 1.27 bits per heavy atom. The fourth-order valence-electron chi connectivity index (χ4n) is 0.949. The van der Waals surface area contributed by atoms with Crippen LogP contribution in [0.2, 0.25) is 0 Å². The lowest BCUT2D eigenvalue weighted by molar-refractivity contribution is -0.141. The van der Waals surface area contributed by atoms with Gasteiger partial charge in [-0.05, 0) is 19.8 Å². The van der Waals surface area contributed by atoms with Crippen molar-refractivity contribution in [3.8, 4) is 0 Å². The lowest BCUT2D eigenvalue weighted by Crippen LogP contribution is -2.12. The Morgan fingerprint density at radius 2 is 2.00 bits per heavy atom. The zero-order valence-corrected chi connectivity index (χ0v) is 9.95. The van der Waals surface area contributed by atoms with Crippen LogP contribution in [0.1, 0.15) is 33.1 Å². The zero-order valence-electron chi connectivity index (χ0n) is 9.95. The zero-order chi connectivity index (χ0) is 11.5. The average molecular weight is 218 g/mol. The van der Waals surface area contributed by atoms with Crippen LogP contribution in [0.4, 0.5) is 0 Å². The van der Waals surface area contributed by atoms with Gasteiger partial charge >= 0.3 is 5.97 Å². The molecule has 0 saturated carbocycles. The van der Waals surface area contributed by atoms with Gasteiger partial charge in [0.1, 0.15) is 0 Å². The van der Waals surface area contributed by atoms with Crippen molar-refractivity contribution in [1.82, 2.24) is 0 Å². The van der Waals surface area contributed by atoms with Crippen molar-refractivity contribution in [3.63, 3.8) is 0 Å². The molecule has 90 valence electrons. The maximum Gasteiger partial charge on any atom is 0.305 e. The third-order valence-corrected chi connectivity index (χ3v) is 2.10. The van der Waals surface area contributed by atoms with E-state index >= 15 is 0 Å². The standard InChI is InChI=1S/C11H22O4/c1-4-10(2)15-9-8-14-7-5-6-11(12)13-3/h10H,4-9H2,1-3H3. The molecule has 15 heavy (non-hydrogen) atoms. The quantitative estimate of drug-likeness (QED) is 0.437. The van der Waals surface area contributed by atoms with E-state index in [1.807, 2.05) is 6.92 Å². The first-order chi connectivity index (χ1) is 7.20. The van der Waals surface area contributed by atoms with E-state index in [0.29, 0.717) is 38.8 Å². The molecule has 0 rings (SSSR count). The van der Waals surface area contributed by atoms with Crippen LogP contribution < -0.4 is 0 Å². The highest BCUT2D eigenvalue weighted by atomic mass is 16.5. The first-order valence-electron chi connectivity index (χ1n) is 5.46. The molecule has 0 N–H and O–H groups in total. The van der Waals surface area contributed by atoms with Crippen molar-refractivity contribution in [2.24, 2.45) is 0 Å². The summed E-state index contributed by atoms with van der Waals surface area (Å²) in [6, 6.07) is 0. The number of hydrogen-bond donors (Lipinski definition) is 0. The predicted molar refractivity (Wildman–Crippen MR) is 57.8 cm³/mol. The summed E-state index contributed by atoms with van der Waals surface area (Å²) < 4.78 is 15.2. The van der Waals surface area contributed by atoms with Crippen molar-refractivity contribution >= 4 is 5.97 Å². The summed E-state index contributed by atoms with van der Waals surface area (Å²) in [6.45, 7) is 5.91. The van der Waals surface area contributed by atoms with E-state index in [9.17, 15) is 4.79 Å². The number of ether oxygens (including phenoxy) is 3. The number of carbonyl (C=O) groups is 1. The highest BCUT2D eigenvalue weighted by Crippen LogP contribution is 1.96. The molecule has 0 aromatic carbocycles. The molecule has 0 amide bonds. The summed E-state index contributed by atoms with van der Waals surface area (Å²) in [5, 5.41) is 0. The summed E-state index contributed by atoms with van der Waals surface area (Å²) in [7, 11) is 1.39. The molecule has 0 aromatic heterocycles. The number of carbonyl (C=O) groups excluding carboxylic acids is 1. The molecule has 0 bridgehead atoms. The van der Waals surface area contributed by atoms with Crippen molar-refractivity contribution < 1.29 is 19.0 Å². The summed E-state index contributed by atoms with van der Waals surface area (Å²) in [5.41, 5.74) is 0. The summed E-state index contributed by atoms with van der Waals surface area (Å²) in [4.78, 5) is 10.7. The van der Waals surface area contributed by atoms with Crippen LogP contribution in [0.5, 0.6) is 0 Å². The lowest BCUT2D eigenvalue weighted by Gasteiger charge is -2.10. The van der Waals surface area contributed by atoms with Gasteiger partial charge in [0.05, 0.1) is 26.4 Å². The minimum absolute atomic E-state index is 0.186. The van der Waals surface area contributed by atoms with Gasteiger partial charge in [0, 0.05) is 13.0 Å². The molecule has 0 spiro atoms. The predicted octanol–water partition coefficient (Wildman–Crippen LogP) is 1.77. The molecule has 0 aromatic rings. The summed E-state index contributed by atoms with van der Waals surface area (Å²) in [6.07, 6.45) is 2.44. The Bertz CT molecular complexity index is 159. The van der Waals surface area contributed by atoms with Gasteiger partial charge in [0.2, 0.25) is 0 Å². The van der Waals surface area contributed by atoms with E-state index in [4.69, 9.17) is 9.47 Å². The van der Waals surface area contributed by atoms with Gasteiger partial charge < -0.3 is 14.2 Å². The average Bonchev–Trinajstić information content (AvgIpc) is 2.26. The van der Waals surface area contributed by atoms with Crippen LogP contribution in [0.3, 0.4) is 0 Å². The maximum atomic E-state index is 10.7. The fourth-order valence-corrected chi connectivity index (χ4v) is 0.949. The highest BCUT2D eigenvalue weighted by Gasteiger charge is 2.00. The Hall–Kier alpha value is -0.610. The number of rotatable bonds is 9. The van der Waals surface area contributed by atoms with Gasteiger partial charge in [-0.3, -0.25) is 4.79 Å². The van der Waals surface area contributed by atoms with Crippen molar-refractivity contribution in [1.29, 1.82) is 0 Å². The molecule has 0 fully saturated rings. The molecule has 1 atom stereocenters. The molecule has 4 nitrogen and oxygen atoms in total. The van der Waals surface area contributed by atoms with Gasteiger partial charge in [-0.15, -0.1) is 0 Å². The molecule has 0 aliphatic rings. The molecule has 4 heteroatoms. The number of methoxy groups -OCH3 is 1. The van der Waals surface area contributed by atoms with E-state index in [-0.39, 0.29) is 5.97 Å². The van der Waals surface area contributed by atoms with Crippen LogP contribution in [0, 0.1) is 0 Å².